The number of nitrogens with two attached hydrogens (primary N) is 1. The van der Waals surface area contributed by atoms with Gasteiger partial charge in [0.25, 0.3) is 0 Å². The standard InChI is InChI=1S/C11H12F3NO.ClH/c12-6-4-7(16)8(10(14)9(6)13)11(15)5-2-1-3-5;/h4-5,11,16H,1-3,15H2;1H/t11-;/m1./s1. The minimum absolute atomic E-state index is 0. The number of phenols is 1. The Balaban J connectivity index is 0.00000144. The zero-order valence-corrected chi connectivity index (χ0v) is 9.74. The van der Waals surface area contributed by atoms with E-state index in [1.165, 1.54) is 0 Å². The molecule has 0 bridgehead atoms. The van der Waals surface area contributed by atoms with Crippen LogP contribution in [0.1, 0.15) is 30.9 Å². The van der Waals surface area contributed by atoms with Crippen molar-refractivity contribution in [2.45, 2.75) is 25.3 Å². The molecule has 0 spiro atoms. The average Bonchev–Trinajstić information content (AvgIpc) is 2.11. The summed E-state index contributed by atoms with van der Waals surface area (Å²) in [6.45, 7) is 0. The highest BCUT2D eigenvalue weighted by Crippen LogP contribution is 2.40. The van der Waals surface area contributed by atoms with Gasteiger partial charge < -0.3 is 10.8 Å². The van der Waals surface area contributed by atoms with Crippen LogP contribution in [0.15, 0.2) is 6.07 Å². The summed E-state index contributed by atoms with van der Waals surface area (Å²) >= 11 is 0. The maximum Gasteiger partial charge on any atom is 0.195 e. The van der Waals surface area contributed by atoms with E-state index in [2.05, 4.69) is 0 Å². The lowest BCUT2D eigenvalue weighted by Gasteiger charge is -2.31. The minimum Gasteiger partial charge on any atom is -0.507 e. The summed E-state index contributed by atoms with van der Waals surface area (Å²) in [4.78, 5) is 0. The maximum atomic E-state index is 13.4. The van der Waals surface area contributed by atoms with E-state index in [-0.39, 0.29) is 23.9 Å². The van der Waals surface area contributed by atoms with Crippen molar-refractivity contribution >= 4 is 12.4 Å². The van der Waals surface area contributed by atoms with Crippen LogP contribution in [0, 0.1) is 23.4 Å². The fraction of sp³-hybridized carbons (Fsp3) is 0.455. The Kier molecular flexibility index (Phi) is 4.27. The molecule has 17 heavy (non-hydrogen) atoms. The van der Waals surface area contributed by atoms with Crippen LogP contribution >= 0.6 is 12.4 Å². The van der Waals surface area contributed by atoms with Crippen molar-refractivity contribution in [1.82, 2.24) is 0 Å². The van der Waals surface area contributed by atoms with Crippen LogP contribution in [0.5, 0.6) is 5.75 Å². The Morgan fingerprint density at radius 3 is 2.29 bits per heavy atom. The molecule has 1 saturated carbocycles. The molecule has 2 rings (SSSR count). The predicted octanol–water partition coefficient (Wildman–Crippen LogP) is 3.03. The number of aromatic hydroxyl groups is 1. The number of benzene rings is 1. The van der Waals surface area contributed by atoms with Gasteiger partial charge in [0.15, 0.2) is 17.5 Å². The van der Waals surface area contributed by atoms with Gasteiger partial charge in [0.1, 0.15) is 5.75 Å². The molecule has 2 nitrogen and oxygen atoms in total. The Bertz CT molecular complexity index is 424. The summed E-state index contributed by atoms with van der Waals surface area (Å²) in [5, 5.41) is 9.41. The largest absolute Gasteiger partial charge is 0.507 e. The molecular formula is C11H13ClF3NO. The molecule has 0 heterocycles. The second-order valence-corrected chi connectivity index (χ2v) is 4.14. The third-order valence-corrected chi connectivity index (χ3v) is 3.17. The van der Waals surface area contributed by atoms with E-state index in [1.807, 2.05) is 0 Å². The lowest BCUT2D eigenvalue weighted by atomic mass is 9.77. The molecule has 6 heteroatoms. The summed E-state index contributed by atoms with van der Waals surface area (Å²) in [6.07, 6.45) is 2.63. The van der Waals surface area contributed by atoms with Crippen molar-refractivity contribution in [2.75, 3.05) is 0 Å². The van der Waals surface area contributed by atoms with Gasteiger partial charge in [-0.05, 0) is 18.8 Å². The molecule has 3 N–H and O–H groups in total. The van der Waals surface area contributed by atoms with Gasteiger partial charge >= 0.3 is 0 Å². The lowest BCUT2D eigenvalue weighted by molar-refractivity contribution is 0.253. The first kappa shape index (κ1) is 14.1. The number of hydrogen-bond donors (Lipinski definition) is 2. The molecule has 1 aromatic rings. The van der Waals surface area contributed by atoms with Gasteiger partial charge in [-0.3, -0.25) is 0 Å². The Morgan fingerprint density at radius 2 is 1.82 bits per heavy atom. The molecule has 96 valence electrons. The van der Waals surface area contributed by atoms with E-state index in [0.717, 1.165) is 19.3 Å². The van der Waals surface area contributed by atoms with Crippen molar-refractivity contribution in [1.29, 1.82) is 0 Å². The van der Waals surface area contributed by atoms with E-state index >= 15 is 0 Å². The fourth-order valence-corrected chi connectivity index (χ4v) is 1.95. The Morgan fingerprint density at radius 1 is 1.24 bits per heavy atom. The van der Waals surface area contributed by atoms with Gasteiger partial charge in [0.05, 0.1) is 0 Å². The van der Waals surface area contributed by atoms with Gasteiger partial charge in [0, 0.05) is 17.7 Å². The summed E-state index contributed by atoms with van der Waals surface area (Å²) in [6, 6.07) is -0.212. The molecule has 0 unspecified atom stereocenters. The van der Waals surface area contributed by atoms with Crippen molar-refractivity contribution in [3.05, 3.63) is 29.1 Å². The van der Waals surface area contributed by atoms with Crippen molar-refractivity contribution < 1.29 is 18.3 Å². The van der Waals surface area contributed by atoms with Gasteiger partial charge in [-0.25, -0.2) is 13.2 Å². The molecule has 0 radical (unpaired) electrons. The zero-order valence-electron chi connectivity index (χ0n) is 8.92. The molecule has 1 atom stereocenters. The normalized spacial score (nSPS) is 17.2. The topological polar surface area (TPSA) is 46.2 Å². The number of rotatable bonds is 2. The van der Waals surface area contributed by atoms with Gasteiger partial charge in [-0.2, -0.15) is 0 Å². The second kappa shape index (κ2) is 5.14. The Labute approximate surface area is 103 Å². The van der Waals surface area contributed by atoms with Crippen LogP contribution in [0.3, 0.4) is 0 Å². The molecule has 1 aliphatic rings. The minimum atomic E-state index is -1.58. The van der Waals surface area contributed by atoms with Crippen LogP contribution in [0.4, 0.5) is 13.2 Å². The highest BCUT2D eigenvalue weighted by Gasteiger charge is 2.31. The molecule has 1 aromatic carbocycles. The lowest BCUT2D eigenvalue weighted by Crippen LogP contribution is -2.28. The van der Waals surface area contributed by atoms with Crippen LogP contribution in [-0.2, 0) is 0 Å². The Hall–Kier alpha value is -0.940. The van der Waals surface area contributed by atoms with Gasteiger partial charge in [0.2, 0.25) is 0 Å². The van der Waals surface area contributed by atoms with Crippen molar-refractivity contribution in [3.8, 4) is 5.75 Å². The third kappa shape index (κ3) is 2.35. The van der Waals surface area contributed by atoms with Crippen LogP contribution < -0.4 is 5.73 Å². The van der Waals surface area contributed by atoms with Crippen LogP contribution in [0.2, 0.25) is 0 Å². The highest BCUT2D eigenvalue weighted by molar-refractivity contribution is 5.85. The fourth-order valence-electron chi connectivity index (χ4n) is 1.95. The molecule has 1 aliphatic carbocycles. The molecule has 0 saturated heterocycles. The second-order valence-electron chi connectivity index (χ2n) is 4.14. The van der Waals surface area contributed by atoms with E-state index in [9.17, 15) is 18.3 Å². The molecule has 1 fully saturated rings. The SMILES string of the molecule is Cl.N[C@@H](c1c(O)cc(F)c(F)c1F)C1CCC1. The quantitative estimate of drug-likeness (QED) is 0.809. The summed E-state index contributed by atoms with van der Waals surface area (Å²) < 4.78 is 39.2. The summed E-state index contributed by atoms with van der Waals surface area (Å²) in [7, 11) is 0. The number of phenolic OH excluding ortho intramolecular Hbond substituents is 1. The molecule has 0 aromatic heterocycles. The zero-order chi connectivity index (χ0) is 11.9. The van der Waals surface area contributed by atoms with E-state index in [1.54, 1.807) is 0 Å². The maximum absolute atomic E-state index is 13.4. The van der Waals surface area contributed by atoms with E-state index < -0.39 is 29.2 Å². The number of hydrogen-bond acceptors (Lipinski definition) is 2. The first-order chi connectivity index (χ1) is 7.52. The first-order valence-corrected chi connectivity index (χ1v) is 5.14. The van der Waals surface area contributed by atoms with E-state index in [0.29, 0.717) is 6.07 Å². The van der Waals surface area contributed by atoms with E-state index in [4.69, 9.17) is 5.73 Å². The first-order valence-electron chi connectivity index (χ1n) is 5.14. The molecule has 0 amide bonds. The predicted molar refractivity (Wildman–Crippen MR) is 59.5 cm³/mol. The third-order valence-electron chi connectivity index (χ3n) is 3.17. The molecular weight excluding hydrogens is 255 g/mol. The summed E-state index contributed by atoms with van der Waals surface area (Å²) in [5.74, 6) is -4.94. The van der Waals surface area contributed by atoms with Crippen LogP contribution in [-0.4, -0.2) is 5.11 Å². The monoisotopic (exact) mass is 267 g/mol. The average molecular weight is 268 g/mol. The highest BCUT2D eigenvalue weighted by atomic mass is 35.5. The van der Waals surface area contributed by atoms with Gasteiger partial charge in [-0.15, -0.1) is 12.4 Å². The van der Waals surface area contributed by atoms with Crippen LogP contribution in [0.25, 0.3) is 0 Å². The van der Waals surface area contributed by atoms with Gasteiger partial charge in [-0.1, -0.05) is 6.42 Å². The van der Waals surface area contributed by atoms with Crippen molar-refractivity contribution in [2.24, 2.45) is 11.7 Å². The summed E-state index contributed by atoms with van der Waals surface area (Å²) in [5.41, 5.74) is 5.42. The smallest absolute Gasteiger partial charge is 0.195 e. The number of halogens is 4. The molecule has 0 aliphatic heterocycles. The van der Waals surface area contributed by atoms with Crippen molar-refractivity contribution in [3.63, 3.8) is 0 Å².